The van der Waals surface area contributed by atoms with E-state index in [1.807, 2.05) is 48.5 Å². The second-order valence-electron chi connectivity index (χ2n) is 6.13. The van der Waals surface area contributed by atoms with Crippen molar-refractivity contribution in [2.75, 3.05) is 25.5 Å². The van der Waals surface area contributed by atoms with E-state index in [0.29, 0.717) is 0 Å². The van der Waals surface area contributed by atoms with E-state index in [0.717, 1.165) is 47.3 Å². The first-order chi connectivity index (χ1) is 11.1. The van der Waals surface area contributed by atoms with Gasteiger partial charge in [-0.25, -0.2) is 0 Å². The van der Waals surface area contributed by atoms with Gasteiger partial charge in [0.25, 0.3) is 0 Å². The van der Waals surface area contributed by atoms with Crippen LogP contribution in [-0.4, -0.2) is 30.8 Å². The molecular weight excluding hydrogens is 352 g/mol. The minimum atomic E-state index is 0.157. The molecule has 0 aromatic heterocycles. The summed E-state index contributed by atoms with van der Waals surface area (Å²) < 4.78 is 1.01. The smallest absolute Gasteiger partial charge is 0.166 e. The number of carbonyl (C=O) groups excluding carboxylic acids is 1. The average Bonchev–Trinajstić information content (AvgIpc) is 2.57. The quantitative estimate of drug-likeness (QED) is 0.788. The maximum absolute atomic E-state index is 12.7. The second-order valence-corrected chi connectivity index (χ2v) is 6.98. The molecule has 0 unspecified atom stereocenters. The summed E-state index contributed by atoms with van der Waals surface area (Å²) in [5, 5.41) is 3.37. The van der Waals surface area contributed by atoms with Gasteiger partial charge in [-0.05, 0) is 73.2 Å². The Bertz CT molecular complexity index is 693. The number of Topliss-reactive ketones (excluding diaryl/α,β-unsaturated/α-hetero) is 1. The number of halogens is 1. The van der Waals surface area contributed by atoms with Crippen LogP contribution in [0.5, 0.6) is 0 Å². The van der Waals surface area contributed by atoms with Gasteiger partial charge in [-0.1, -0.05) is 24.3 Å². The lowest BCUT2D eigenvalue weighted by Gasteiger charge is -2.28. The minimum Gasteiger partial charge on any atom is -0.355 e. The molecule has 2 aromatic rings. The van der Waals surface area contributed by atoms with Gasteiger partial charge in [0.05, 0.1) is 5.69 Å². The Kier molecular flexibility index (Phi) is 5.13. The molecule has 3 nitrogen and oxygen atoms in total. The van der Waals surface area contributed by atoms with Crippen LogP contribution >= 0.6 is 15.9 Å². The number of anilines is 2. The lowest BCUT2D eigenvalue weighted by molar-refractivity contribution is 0.0857. The van der Waals surface area contributed by atoms with Crippen molar-refractivity contribution < 1.29 is 4.79 Å². The average molecular weight is 373 g/mol. The Balaban J connectivity index is 1.75. The molecule has 1 heterocycles. The van der Waals surface area contributed by atoms with Gasteiger partial charge in [0.1, 0.15) is 0 Å². The van der Waals surface area contributed by atoms with Gasteiger partial charge >= 0.3 is 0 Å². The van der Waals surface area contributed by atoms with E-state index >= 15 is 0 Å². The number of carbonyl (C=O) groups is 1. The lowest BCUT2D eigenvalue weighted by Crippen LogP contribution is -2.33. The van der Waals surface area contributed by atoms with Crippen LogP contribution in [0, 0.1) is 5.92 Å². The zero-order chi connectivity index (χ0) is 16.2. The predicted molar refractivity (Wildman–Crippen MR) is 98.4 cm³/mol. The van der Waals surface area contributed by atoms with E-state index in [1.54, 1.807) is 0 Å². The molecule has 2 aromatic carbocycles. The van der Waals surface area contributed by atoms with Crippen molar-refractivity contribution in [2.24, 2.45) is 5.92 Å². The van der Waals surface area contributed by atoms with Crippen LogP contribution in [0.1, 0.15) is 23.2 Å². The Hall–Kier alpha value is -1.65. The SMILES string of the molecule is CN1CCC(C(=O)c2cccc(Nc3ccccc3Br)c2)CC1. The Morgan fingerprint density at radius 1 is 1.13 bits per heavy atom. The second kappa shape index (κ2) is 7.28. The lowest BCUT2D eigenvalue weighted by atomic mass is 9.89. The maximum Gasteiger partial charge on any atom is 0.166 e. The molecule has 0 atom stereocenters. The Labute approximate surface area is 145 Å². The van der Waals surface area contributed by atoms with Crippen molar-refractivity contribution in [3.63, 3.8) is 0 Å². The van der Waals surface area contributed by atoms with Gasteiger partial charge in [-0.3, -0.25) is 4.79 Å². The van der Waals surface area contributed by atoms with Gasteiger partial charge in [-0.2, -0.15) is 0 Å². The van der Waals surface area contributed by atoms with Crippen LogP contribution in [-0.2, 0) is 0 Å². The molecule has 0 spiro atoms. The number of hydrogen-bond acceptors (Lipinski definition) is 3. The first kappa shape index (κ1) is 16.2. The van der Waals surface area contributed by atoms with Gasteiger partial charge in [-0.15, -0.1) is 0 Å². The third kappa shape index (κ3) is 4.01. The highest BCUT2D eigenvalue weighted by Gasteiger charge is 2.24. The number of ketones is 1. The summed E-state index contributed by atoms with van der Waals surface area (Å²) in [6.45, 7) is 2.01. The summed E-state index contributed by atoms with van der Waals surface area (Å²) in [7, 11) is 2.11. The van der Waals surface area contributed by atoms with Crippen molar-refractivity contribution in [1.82, 2.24) is 4.90 Å². The summed E-state index contributed by atoms with van der Waals surface area (Å²) in [6, 6.07) is 15.8. The molecule has 1 fully saturated rings. The summed E-state index contributed by atoms with van der Waals surface area (Å²) in [5.41, 5.74) is 2.74. The van der Waals surface area contributed by atoms with Crippen molar-refractivity contribution in [1.29, 1.82) is 0 Å². The number of hydrogen-bond donors (Lipinski definition) is 1. The van der Waals surface area contributed by atoms with Gasteiger partial charge in [0.2, 0.25) is 0 Å². The fourth-order valence-corrected chi connectivity index (χ4v) is 3.36. The number of para-hydroxylation sites is 1. The summed E-state index contributed by atoms with van der Waals surface area (Å²) in [6.07, 6.45) is 1.91. The van der Waals surface area contributed by atoms with Crippen LogP contribution in [0.25, 0.3) is 0 Å². The fourth-order valence-electron chi connectivity index (χ4n) is 2.97. The fraction of sp³-hybridized carbons (Fsp3) is 0.316. The molecular formula is C19H21BrN2O. The van der Waals surface area contributed by atoms with E-state index < -0.39 is 0 Å². The molecule has 4 heteroatoms. The third-order valence-electron chi connectivity index (χ3n) is 4.39. The number of rotatable bonds is 4. The molecule has 0 radical (unpaired) electrons. The van der Waals surface area contributed by atoms with E-state index in [9.17, 15) is 4.79 Å². The molecule has 0 aliphatic carbocycles. The van der Waals surface area contributed by atoms with Gasteiger partial charge in [0, 0.05) is 21.6 Å². The molecule has 1 saturated heterocycles. The van der Waals surface area contributed by atoms with E-state index in [1.165, 1.54) is 0 Å². The molecule has 1 N–H and O–H groups in total. The third-order valence-corrected chi connectivity index (χ3v) is 5.08. The minimum absolute atomic E-state index is 0.157. The highest BCUT2D eigenvalue weighted by Crippen LogP contribution is 2.27. The first-order valence-corrected chi connectivity index (χ1v) is 8.77. The normalized spacial score (nSPS) is 16.3. The molecule has 0 bridgehead atoms. The zero-order valence-corrected chi connectivity index (χ0v) is 14.8. The molecule has 3 rings (SSSR count). The highest BCUT2D eigenvalue weighted by molar-refractivity contribution is 9.10. The molecule has 120 valence electrons. The number of benzene rings is 2. The number of piperidine rings is 1. The topological polar surface area (TPSA) is 32.3 Å². The van der Waals surface area contributed by atoms with E-state index in [4.69, 9.17) is 0 Å². The molecule has 23 heavy (non-hydrogen) atoms. The van der Waals surface area contributed by atoms with Crippen LogP contribution in [0.4, 0.5) is 11.4 Å². The maximum atomic E-state index is 12.7. The monoisotopic (exact) mass is 372 g/mol. The standard InChI is InChI=1S/C19H21BrN2O/c1-22-11-9-14(10-12-22)19(23)15-5-4-6-16(13-15)21-18-8-3-2-7-17(18)20/h2-8,13-14,21H,9-12H2,1H3. The summed E-state index contributed by atoms with van der Waals surface area (Å²) in [4.78, 5) is 15.0. The van der Waals surface area contributed by atoms with Gasteiger partial charge < -0.3 is 10.2 Å². The molecule has 0 saturated carbocycles. The number of nitrogens with one attached hydrogen (secondary N) is 1. The van der Waals surface area contributed by atoms with Gasteiger partial charge in [0.15, 0.2) is 5.78 Å². The largest absolute Gasteiger partial charge is 0.355 e. The van der Waals surface area contributed by atoms with Crippen molar-refractivity contribution in [3.05, 3.63) is 58.6 Å². The van der Waals surface area contributed by atoms with Crippen molar-refractivity contribution >= 4 is 33.1 Å². The van der Waals surface area contributed by atoms with Crippen molar-refractivity contribution in [2.45, 2.75) is 12.8 Å². The molecule has 0 amide bonds. The van der Waals surface area contributed by atoms with E-state index in [-0.39, 0.29) is 11.7 Å². The van der Waals surface area contributed by atoms with Crippen LogP contribution in [0.15, 0.2) is 53.0 Å². The van der Waals surface area contributed by atoms with Crippen LogP contribution in [0.3, 0.4) is 0 Å². The molecule has 1 aliphatic rings. The number of nitrogens with zero attached hydrogens (tertiary/aromatic N) is 1. The Morgan fingerprint density at radius 2 is 1.87 bits per heavy atom. The summed E-state index contributed by atoms with van der Waals surface area (Å²) >= 11 is 3.54. The first-order valence-electron chi connectivity index (χ1n) is 7.98. The van der Waals surface area contributed by atoms with E-state index in [2.05, 4.69) is 33.2 Å². The number of likely N-dealkylation sites (tertiary alicyclic amines) is 1. The zero-order valence-electron chi connectivity index (χ0n) is 13.3. The molecule has 1 aliphatic heterocycles. The highest BCUT2D eigenvalue weighted by atomic mass is 79.9. The predicted octanol–water partition coefficient (Wildman–Crippen LogP) is 4.72. The van der Waals surface area contributed by atoms with Crippen molar-refractivity contribution in [3.8, 4) is 0 Å². The van der Waals surface area contributed by atoms with Crippen LogP contribution < -0.4 is 5.32 Å². The Morgan fingerprint density at radius 3 is 2.61 bits per heavy atom. The van der Waals surface area contributed by atoms with Crippen LogP contribution in [0.2, 0.25) is 0 Å². The summed E-state index contributed by atoms with van der Waals surface area (Å²) in [5.74, 6) is 0.429.